The molecule has 0 amide bonds. The fourth-order valence-corrected chi connectivity index (χ4v) is 2.57. The summed E-state index contributed by atoms with van der Waals surface area (Å²) >= 11 is 0. The Kier molecular flexibility index (Phi) is 2.67. The fraction of sp³-hybridized carbons (Fsp3) is 0.467. The van der Waals surface area contributed by atoms with Crippen molar-refractivity contribution >= 4 is 11.0 Å². The van der Waals surface area contributed by atoms with Crippen LogP contribution >= 0.6 is 0 Å². The third-order valence-electron chi connectivity index (χ3n) is 3.87. The lowest BCUT2D eigenvalue weighted by Crippen LogP contribution is -2.19. The van der Waals surface area contributed by atoms with Crippen LogP contribution in [0.3, 0.4) is 0 Å². The molecule has 1 unspecified atom stereocenters. The van der Waals surface area contributed by atoms with Crippen LogP contribution in [0, 0.1) is 12.8 Å². The van der Waals surface area contributed by atoms with E-state index in [0.717, 1.165) is 23.7 Å². The van der Waals surface area contributed by atoms with Crippen molar-refractivity contribution in [3.8, 4) is 0 Å². The van der Waals surface area contributed by atoms with E-state index in [1.54, 1.807) is 0 Å². The van der Waals surface area contributed by atoms with Crippen molar-refractivity contribution in [3.63, 3.8) is 0 Å². The van der Waals surface area contributed by atoms with Crippen molar-refractivity contribution in [1.82, 2.24) is 0 Å². The van der Waals surface area contributed by atoms with Gasteiger partial charge in [0, 0.05) is 5.39 Å². The third-order valence-corrected chi connectivity index (χ3v) is 3.87. The van der Waals surface area contributed by atoms with Gasteiger partial charge >= 0.3 is 0 Å². The molecule has 0 radical (unpaired) electrons. The highest BCUT2D eigenvalue weighted by Crippen LogP contribution is 2.35. The molecule has 2 N–H and O–H groups in total. The summed E-state index contributed by atoms with van der Waals surface area (Å²) < 4.78 is 5.83. The van der Waals surface area contributed by atoms with Crippen LogP contribution in [-0.4, -0.2) is 0 Å². The van der Waals surface area contributed by atoms with Crippen LogP contribution < -0.4 is 5.73 Å². The van der Waals surface area contributed by atoms with E-state index >= 15 is 0 Å². The quantitative estimate of drug-likeness (QED) is 0.866. The average molecular weight is 229 g/mol. The molecule has 1 atom stereocenters. The van der Waals surface area contributed by atoms with Crippen molar-refractivity contribution in [2.45, 2.75) is 38.6 Å². The molecule has 90 valence electrons. The van der Waals surface area contributed by atoms with E-state index in [9.17, 15) is 0 Å². The summed E-state index contributed by atoms with van der Waals surface area (Å²) in [5.74, 6) is 1.76. The topological polar surface area (TPSA) is 39.2 Å². The maximum Gasteiger partial charge on any atom is 0.134 e. The Morgan fingerprint density at radius 2 is 2.18 bits per heavy atom. The van der Waals surface area contributed by atoms with Gasteiger partial charge < -0.3 is 10.2 Å². The summed E-state index contributed by atoms with van der Waals surface area (Å²) in [6.45, 7) is 2.10. The molecule has 2 nitrogen and oxygen atoms in total. The summed E-state index contributed by atoms with van der Waals surface area (Å²) in [5, 5.41) is 1.17. The van der Waals surface area contributed by atoms with E-state index in [-0.39, 0.29) is 6.04 Å². The first-order valence-corrected chi connectivity index (χ1v) is 6.48. The molecule has 1 saturated carbocycles. The highest BCUT2D eigenvalue weighted by Gasteiger charge is 2.22. The van der Waals surface area contributed by atoms with Crippen molar-refractivity contribution in [2.24, 2.45) is 11.7 Å². The van der Waals surface area contributed by atoms with Gasteiger partial charge in [0.05, 0.1) is 6.04 Å². The monoisotopic (exact) mass is 229 g/mol. The SMILES string of the molecule is Cc1ccc2oc(C(N)CC3CCC3)cc2c1. The molecule has 1 heterocycles. The lowest BCUT2D eigenvalue weighted by atomic mass is 9.80. The lowest BCUT2D eigenvalue weighted by molar-refractivity contribution is 0.267. The maximum atomic E-state index is 6.21. The molecule has 1 aromatic heterocycles. The van der Waals surface area contributed by atoms with Crippen LogP contribution in [0.4, 0.5) is 0 Å². The van der Waals surface area contributed by atoms with Gasteiger partial charge in [-0.3, -0.25) is 0 Å². The predicted molar refractivity (Wildman–Crippen MR) is 69.8 cm³/mol. The van der Waals surface area contributed by atoms with Crippen molar-refractivity contribution in [2.75, 3.05) is 0 Å². The average Bonchev–Trinajstić information content (AvgIpc) is 2.65. The highest BCUT2D eigenvalue weighted by atomic mass is 16.3. The second-order valence-corrected chi connectivity index (χ2v) is 5.33. The molecule has 3 rings (SSSR count). The summed E-state index contributed by atoms with van der Waals surface area (Å²) in [6.07, 6.45) is 5.12. The molecule has 2 heteroatoms. The van der Waals surface area contributed by atoms with Crippen LogP contribution in [0.1, 0.15) is 43.0 Å². The zero-order valence-corrected chi connectivity index (χ0v) is 10.3. The fourth-order valence-electron chi connectivity index (χ4n) is 2.57. The van der Waals surface area contributed by atoms with E-state index in [2.05, 4.69) is 25.1 Å². The van der Waals surface area contributed by atoms with Crippen LogP contribution in [0.25, 0.3) is 11.0 Å². The Morgan fingerprint density at radius 1 is 1.35 bits per heavy atom. The largest absolute Gasteiger partial charge is 0.459 e. The predicted octanol–water partition coefficient (Wildman–Crippen LogP) is 3.93. The summed E-state index contributed by atoms with van der Waals surface area (Å²) in [4.78, 5) is 0. The first kappa shape index (κ1) is 10.8. The minimum absolute atomic E-state index is 0.0630. The Morgan fingerprint density at radius 3 is 2.88 bits per heavy atom. The number of aryl methyl sites for hydroxylation is 1. The Hall–Kier alpha value is -1.28. The second-order valence-electron chi connectivity index (χ2n) is 5.33. The summed E-state index contributed by atoms with van der Waals surface area (Å²) in [7, 11) is 0. The zero-order valence-electron chi connectivity index (χ0n) is 10.3. The van der Waals surface area contributed by atoms with Crippen LogP contribution in [-0.2, 0) is 0 Å². The third kappa shape index (κ3) is 2.09. The van der Waals surface area contributed by atoms with Gasteiger partial charge in [0.1, 0.15) is 11.3 Å². The Labute approximate surface area is 102 Å². The molecule has 1 aliphatic rings. The molecule has 17 heavy (non-hydrogen) atoms. The van der Waals surface area contributed by atoms with Gasteiger partial charge in [0.2, 0.25) is 0 Å². The van der Waals surface area contributed by atoms with Crippen LogP contribution in [0.5, 0.6) is 0 Å². The van der Waals surface area contributed by atoms with Crippen LogP contribution in [0.2, 0.25) is 0 Å². The van der Waals surface area contributed by atoms with Gasteiger partial charge in [-0.25, -0.2) is 0 Å². The smallest absolute Gasteiger partial charge is 0.134 e. The van der Waals surface area contributed by atoms with Gasteiger partial charge in [-0.05, 0) is 37.5 Å². The normalized spacial score (nSPS) is 18.2. The van der Waals surface area contributed by atoms with E-state index < -0.39 is 0 Å². The molecule has 0 saturated heterocycles. The molecule has 2 aromatic rings. The first-order chi connectivity index (χ1) is 8.22. The minimum atomic E-state index is 0.0630. The number of benzene rings is 1. The van der Waals surface area contributed by atoms with Gasteiger partial charge in [-0.15, -0.1) is 0 Å². The number of hydrogen-bond acceptors (Lipinski definition) is 2. The van der Waals surface area contributed by atoms with Gasteiger partial charge in [-0.2, -0.15) is 0 Å². The number of rotatable bonds is 3. The molecule has 1 aliphatic carbocycles. The standard InChI is InChI=1S/C15H19NO/c1-10-5-6-14-12(7-10)9-15(17-14)13(16)8-11-3-2-4-11/h5-7,9,11,13H,2-4,8,16H2,1H3. The zero-order chi connectivity index (χ0) is 11.8. The van der Waals surface area contributed by atoms with Crippen molar-refractivity contribution in [1.29, 1.82) is 0 Å². The van der Waals surface area contributed by atoms with Gasteiger partial charge in [0.25, 0.3) is 0 Å². The maximum absolute atomic E-state index is 6.21. The number of furan rings is 1. The molecule has 0 spiro atoms. The molecule has 0 bridgehead atoms. The molecular formula is C15H19NO. The molecule has 1 fully saturated rings. The van der Waals surface area contributed by atoms with E-state index in [1.807, 2.05) is 6.07 Å². The minimum Gasteiger partial charge on any atom is -0.459 e. The first-order valence-electron chi connectivity index (χ1n) is 6.48. The number of fused-ring (bicyclic) bond motifs is 1. The number of nitrogens with two attached hydrogens (primary N) is 1. The van der Waals surface area contributed by atoms with Gasteiger partial charge in [-0.1, -0.05) is 30.9 Å². The summed E-state index contributed by atoms with van der Waals surface area (Å²) in [6, 6.07) is 8.43. The molecular weight excluding hydrogens is 210 g/mol. The highest BCUT2D eigenvalue weighted by molar-refractivity contribution is 5.78. The van der Waals surface area contributed by atoms with E-state index in [4.69, 9.17) is 10.2 Å². The number of hydrogen-bond donors (Lipinski definition) is 1. The Balaban J connectivity index is 1.83. The summed E-state index contributed by atoms with van der Waals surface area (Å²) in [5.41, 5.74) is 8.43. The Bertz CT molecular complexity index is 525. The van der Waals surface area contributed by atoms with Crippen molar-refractivity contribution in [3.05, 3.63) is 35.6 Å². The second kappa shape index (κ2) is 4.19. The lowest BCUT2D eigenvalue weighted by Gasteiger charge is -2.27. The van der Waals surface area contributed by atoms with E-state index in [0.29, 0.717) is 0 Å². The van der Waals surface area contributed by atoms with Crippen LogP contribution in [0.15, 0.2) is 28.7 Å². The van der Waals surface area contributed by atoms with Crippen molar-refractivity contribution < 1.29 is 4.42 Å². The molecule has 1 aromatic carbocycles. The van der Waals surface area contributed by atoms with E-state index in [1.165, 1.54) is 30.2 Å². The molecule has 0 aliphatic heterocycles. The van der Waals surface area contributed by atoms with Gasteiger partial charge in [0.15, 0.2) is 0 Å².